The first-order chi connectivity index (χ1) is 14.1. The molecule has 0 fully saturated rings. The number of pyridine rings is 1. The SMILES string of the molecule is Cc1ccnc(N[C@H](c2ccsc2)c2cc(C)sc2NC(=O)c2ccccc2)c1. The van der Waals surface area contributed by atoms with Gasteiger partial charge in [-0.2, -0.15) is 11.3 Å². The van der Waals surface area contributed by atoms with Crippen molar-refractivity contribution in [3.63, 3.8) is 0 Å². The summed E-state index contributed by atoms with van der Waals surface area (Å²) in [5.41, 5.74) is 3.97. The Kier molecular flexibility index (Phi) is 5.74. The summed E-state index contributed by atoms with van der Waals surface area (Å²) in [5, 5.41) is 11.7. The van der Waals surface area contributed by atoms with Gasteiger partial charge in [-0.1, -0.05) is 18.2 Å². The van der Waals surface area contributed by atoms with Crippen LogP contribution < -0.4 is 10.6 Å². The molecular weight excluding hydrogens is 398 g/mol. The van der Waals surface area contributed by atoms with E-state index in [9.17, 15) is 4.79 Å². The zero-order chi connectivity index (χ0) is 20.2. The average Bonchev–Trinajstić information content (AvgIpc) is 3.37. The van der Waals surface area contributed by atoms with Crippen LogP contribution in [0.2, 0.25) is 0 Å². The summed E-state index contributed by atoms with van der Waals surface area (Å²) < 4.78 is 0. The van der Waals surface area contributed by atoms with Crippen molar-refractivity contribution < 1.29 is 4.79 Å². The number of nitrogens with zero attached hydrogens (tertiary/aromatic N) is 1. The summed E-state index contributed by atoms with van der Waals surface area (Å²) in [6, 6.07) is 17.4. The van der Waals surface area contributed by atoms with Crippen LogP contribution in [-0.2, 0) is 0 Å². The van der Waals surface area contributed by atoms with Gasteiger partial charge < -0.3 is 10.6 Å². The third-order valence-corrected chi connectivity index (χ3v) is 6.23. The van der Waals surface area contributed by atoms with E-state index in [1.54, 1.807) is 28.9 Å². The highest BCUT2D eigenvalue weighted by atomic mass is 32.1. The molecule has 4 aromatic rings. The number of nitrogens with one attached hydrogen (secondary N) is 2. The van der Waals surface area contributed by atoms with E-state index in [0.29, 0.717) is 5.56 Å². The molecule has 146 valence electrons. The van der Waals surface area contributed by atoms with Crippen molar-refractivity contribution in [2.24, 2.45) is 0 Å². The molecule has 0 spiro atoms. The molecule has 2 N–H and O–H groups in total. The number of aromatic nitrogens is 1. The lowest BCUT2D eigenvalue weighted by atomic mass is 10.0. The van der Waals surface area contributed by atoms with Crippen molar-refractivity contribution in [3.8, 4) is 0 Å². The Hall–Kier alpha value is -2.96. The minimum atomic E-state index is -0.105. The number of carbonyl (C=O) groups is 1. The molecule has 0 aliphatic carbocycles. The van der Waals surface area contributed by atoms with Crippen LogP contribution in [0.25, 0.3) is 0 Å². The van der Waals surface area contributed by atoms with Crippen LogP contribution in [0, 0.1) is 13.8 Å². The van der Waals surface area contributed by atoms with Gasteiger partial charge >= 0.3 is 0 Å². The summed E-state index contributed by atoms with van der Waals surface area (Å²) in [7, 11) is 0. The van der Waals surface area contributed by atoms with Gasteiger partial charge in [-0.3, -0.25) is 4.79 Å². The second kappa shape index (κ2) is 8.59. The van der Waals surface area contributed by atoms with Gasteiger partial charge in [0.2, 0.25) is 0 Å². The van der Waals surface area contributed by atoms with E-state index >= 15 is 0 Å². The lowest BCUT2D eigenvalue weighted by molar-refractivity contribution is 0.102. The largest absolute Gasteiger partial charge is 0.359 e. The topological polar surface area (TPSA) is 54.0 Å². The van der Waals surface area contributed by atoms with Crippen molar-refractivity contribution in [3.05, 3.63) is 98.7 Å². The fourth-order valence-corrected chi connectivity index (χ4v) is 4.79. The van der Waals surface area contributed by atoms with Crippen LogP contribution in [-0.4, -0.2) is 10.9 Å². The number of aryl methyl sites for hydroxylation is 2. The standard InChI is InChI=1S/C23H21N3OS2/c1-15-8-10-24-20(12-15)25-21(18-9-11-28-14-18)19-13-16(2)29-23(19)26-22(27)17-6-4-3-5-7-17/h3-14,21H,1-2H3,(H,24,25)(H,26,27)/t21-/m1/s1. The molecule has 6 heteroatoms. The Balaban J connectivity index is 1.69. The van der Waals surface area contributed by atoms with E-state index in [4.69, 9.17) is 0 Å². The first-order valence-corrected chi connectivity index (χ1v) is 11.0. The van der Waals surface area contributed by atoms with Crippen molar-refractivity contribution in [1.29, 1.82) is 0 Å². The molecule has 4 rings (SSSR count). The molecule has 0 aliphatic rings. The number of benzene rings is 1. The average molecular weight is 420 g/mol. The predicted molar refractivity (Wildman–Crippen MR) is 122 cm³/mol. The quantitative estimate of drug-likeness (QED) is 0.387. The number of rotatable bonds is 6. The van der Waals surface area contributed by atoms with E-state index in [-0.39, 0.29) is 11.9 Å². The second-order valence-electron chi connectivity index (χ2n) is 6.81. The molecule has 0 saturated carbocycles. The Morgan fingerprint density at radius 2 is 1.90 bits per heavy atom. The number of thiophene rings is 2. The van der Waals surface area contributed by atoms with Gasteiger partial charge in [0.25, 0.3) is 5.91 Å². The first-order valence-electron chi connectivity index (χ1n) is 9.28. The molecule has 29 heavy (non-hydrogen) atoms. The molecule has 0 aliphatic heterocycles. The lowest BCUT2D eigenvalue weighted by Crippen LogP contribution is -2.16. The number of amides is 1. The predicted octanol–water partition coefficient (Wildman–Crippen LogP) is 6.28. The van der Waals surface area contributed by atoms with E-state index in [0.717, 1.165) is 32.4 Å². The molecule has 0 unspecified atom stereocenters. The van der Waals surface area contributed by atoms with E-state index in [1.165, 1.54) is 0 Å². The summed E-state index contributed by atoms with van der Waals surface area (Å²) in [6.07, 6.45) is 1.80. The Bertz CT molecular complexity index is 1100. The lowest BCUT2D eigenvalue weighted by Gasteiger charge is -2.20. The molecule has 3 heterocycles. The van der Waals surface area contributed by atoms with Gasteiger partial charge in [0.05, 0.1) is 6.04 Å². The number of anilines is 2. The maximum Gasteiger partial charge on any atom is 0.256 e. The second-order valence-corrected chi connectivity index (χ2v) is 8.85. The Labute approximate surface area is 178 Å². The minimum Gasteiger partial charge on any atom is -0.359 e. The van der Waals surface area contributed by atoms with Crippen LogP contribution in [0.3, 0.4) is 0 Å². The molecule has 1 aromatic carbocycles. The van der Waals surface area contributed by atoms with E-state index in [2.05, 4.69) is 45.4 Å². The zero-order valence-electron chi connectivity index (χ0n) is 16.2. The van der Waals surface area contributed by atoms with Crippen molar-refractivity contribution in [2.75, 3.05) is 10.6 Å². The number of hydrogen-bond acceptors (Lipinski definition) is 5. The molecule has 0 radical (unpaired) electrons. The maximum atomic E-state index is 12.8. The van der Waals surface area contributed by atoms with Gasteiger partial charge in [0.1, 0.15) is 10.8 Å². The summed E-state index contributed by atoms with van der Waals surface area (Å²) >= 11 is 3.24. The summed E-state index contributed by atoms with van der Waals surface area (Å²) in [6.45, 7) is 4.11. The number of hydrogen-bond donors (Lipinski definition) is 2. The molecular formula is C23H21N3OS2. The van der Waals surface area contributed by atoms with Gasteiger partial charge in [-0.25, -0.2) is 4.98 Å². The number of carbonyl (C=O) groups excluding carboxylic acids is 1. The van der Waals surface area contributed by atoms with Crippen molar-refractivity contribution in [1.82, 2.24) is 4.98 Å². The minimum absolute atomic E-state index is 0.105. The zero-order valence-corrected chi connectivity index (χ0v) is 17.8. The van der Waals surface area contributed by atoms with Gasteiger partial charge in [-0.15, -0.1) is 11.3 Å². The molecule has 1 atom stereocenters. The fourth-order valence-electron chi connectivity index (χ4n) is 3.15. The summed E-state index contributed by atoms with van der Waals surface area (Å²) in [5.74, 6) is 0.705. The van der Waals surface area contributed by atoms with Crippen LogP contribution in [0.15, 0.2) is 71.6 Å². The van der Waals surface area contributed by atoms with Crippen LogP contribution in [0.1, 0.15) is 38.0 Å². The third-order valence-electron chi connectivity index (χ3n) is 4.54. The van der Waals surface area contributed by atoms with Crippen LogP contribution >= 0.6 is 22.7 Å². The maximum absolute atomic E-state index is 12.8. The Morgan fingerprint density at radius 3 is 2.62 bits per heavy atom. The normalized spacial score (nSPS) is 11.8. The van der Waals surface area contributed by atoms with Gasteiger partial charge in [-0.05, 0) is 72.1 Å². The van der Waals surface area contributed by atoms with Gasteiger partial charge in [0, 0.05) is 22.2 Å². The van der Waals surface area contributed by atoms with Gasteiger partial charge in [0.15, 0.2) is 0 Å². The van der Waals surface area contributed by atoms with Crippen LogP contribution in [0.4, 0.5) is 10.8 Å². The fraction of sp³-hybridized carbons (Fsp3) is 0.130. The van der Waals surface area contributed by atoms with Crippen LogP contribution in [0.5, 0.6) is 0 Å². The molecule has 4 nitrogen and oxygen atoms in total. The van der Waals surface area contributed by atoms with Crippen molar-refractivity contribution in [2.45, 2.75) is 19.9 Å². The smallest absolute Gasteiger partial charge is 0.256 e. The highest BCUT2D eigenvalue weighted by molar-refractivity contribution is 7.16. The third kappa shape index (κ3) is 4.55. The monoisotopic (exact) mass is 419 g/mol. The first kappa shape index (κ1) is 19.4. The Morgan fingerprint density at radius 1 is 1.07 bits per heavy atom. The molecule has 0 saturated heterocycles. The van der Waals surface area contributed by atoms with Crippen molar-refractivity contribution >= 4 is 39.4 Å². The molecule has 0 bridgehead atoms. The highest BCUT2D eigenvalue weighted by Gasteiger charge is 2.22. The summed E-state index contributed by atoms with van der Waals surface area (Å²) in [4.78, 5) is 18.4. The molecule has 3 aromatic heterocycles. The van der Waals surface area contributed by atoms with E-state index < -0.39 is 0 Å². The highest BCUT2D eigenvalue weighted by Crippen LogP contribution is 2.38. The van der Waals surface area contributed by atoms with E-state index in [1.807, 2.05) is 49.4 Å². The molecule has 1 amide bonds.